The molecule has 2 heterocycles. The van der Waals surface area contributed by atoms with E-state index in [1.807, 2.05) is 18.2 Å². The second-order valence-electron chi connectivity index (χ2n) is 9.61. The van der Waals surface area contributed by atoms with E-state index in [1.54, 1.807) is 25.3 Å². The van der Waals surface area contributed by atoms with Gasteiger partial charge < -0.3 is 19.9 Å². The Balaban J connectivity index is 1.51. The van der Waals surface area contributed by atoms with Crippen LogP contribution in [0.2, 0.25) is 0 Å². The Morgan fingerprint density at radius 2 is 1.85 bits per heavy atom. The van der Waals surface area contributed by atoms with Crippen LogP contribution in [-0.4, -0.2) is 35.8 Å². The summed E-state index contributed by atoms with van der Waals surface area (Å²) in [5.74, 6) is -0.0210. The van der Waals surface area contributed by atoms with Gasteiger partial charge >= 0.3 is 11.0 Å². The van der Waals surface area contributed by atoms with Crippen LogP contribution >= 0.6 is 11.3 Å². The SMILES string of the molecule is CCCCCCCOC(=O)Nc1ccc(CC(c2ccc(OC)c3c2CCC(=O)N3)c2sc(=O)[nH]c2O)cc1. The number of methoxy groups -OCH3 is 1. The molecule has 0 aliphatic carbocycles. The van der Waals surface area contributed by atoms with Crippen molar-refractivity contribution in [2.75, 3.05) is 24.4 Å². The van der Waals surface area contributed by atoms with Crippen LogP contribution in [0.3, 0.4) is 0 Å². The predicted molar refractivity (Wildman–Crippen MR) is 152 cm³/mol. The highest BCUT2D eigenvalue weighted by Crippen LogP contribution is 2.43. The number of aromatic amines is 1. The number of carbonyl (C=O) groups is 2. The first-order valence-corrected chi connectivity index (χ1v) is 14.2. The average molecular weight is 554 g/mol. The molecule has 1 unspecified atom stereocenters. The van der Waals surface area contributed by atoms with Crippen LogP contribution in [-0.2, 0) is 22.4 Å². The number of aromatic hydroxyl groups is 1. The van der Waals surface area contributed by atoms with Gasteiger partial charge in [0, 0.05) is 18.0 Å². The second kappa shape index (κ2) is 13.3. The first kappa shape index (κ1) is 28.2. The molecule has 0 spiro atoms. The number of hydrogen-bond donors (Lipinski definition) is 4. The maximum Gasteiger partial charge on any atom is 0.411 e. The summed E-state index contributed by atoms with van der Waals surface area (Å²) < 4.78 is 10.8. The Morgan fingerprint density at radius 1 is 1.08 bits per heavy atom. The number of thiazole rings is 1. The third kappa shape index (κ3) is 7.20. The van der Waals surface area contributed by atoms with E-state index < -0.39 is 6.09 Å². The van der Waals surface area contributed by atoms with Crippen molar-refractivity contribution in [3.63, 3.8) is 0 Å². The Kier molecular flexibility index (Phi) is 9.64. The van der Waals surface area contributed by atoms with Crippen LogP contribution in [0.25, 0.3) is 0 Å². The highest BCUT2D eigenvalue weighted by atomic mass is 32.1. The van der Waals surface area contributed by atoms with E-state index in [4.69, 9.17) is 9.47 Å². The minimum atomic E-state index is -0.481. The zero-order valence-electron chi connectivity index (χ0n) is 22.3. The van der Waals surface area contributed by atoms with Crippen LogP contribution in [0.15, 0.2) is 41.2 Å². The van der Waals surface area contributed by atoms with E-state index in [0.717, 1.165) is 47.3 Å². The van der Waals surface area contributed by atoms with Gasteiger partial charge in [-0.1, -0.05) is 62.1 Å². The van der Waals surface area contributed by atoms with Crippen LogP contribution in [0, 0.1) is 0 Å². The molecule has 9 nitrogen and oxygen atoms in total. The third-order valence-electron chi connectivity index (χ3n) is 6.87. The van der Waals surface area contributed by atoms with Gasteiger partial charge in [0.05, 0.1) is 24.3 Å². The molecule has 1 aliphatic heterocycles. The molecule has 4 rings (SSSR count). The molecule has 10 heteroatoms. The molecule has 0 radical (unpaired) electrons. The summed E-state index contributed by atoms with van der Waals surface area (Å²) in [6.45, 7) is 2.56. The lowest BCUT2D eigenvalue weighted by Crippen LogP contribution is -2.22. The van der Waals surface area contributed by atoms with E-state index in [1.165, 1.54) is 12.8 Å². The van der Waals surface area contributed by atoms with E-state index in [9.17, 15) is 19.5 Å². The Hall–Kier alpha value is -3.79. The number of rotatable bonds is 12. The number of aromatic nitrogens is 1. The lowest BCUT2D eigenvalue weighted by atomic mass is 9.84. The lowest BCUT2D eigenvalue weighted by Gasteiger charge is -2.26. The highest BCUT2D eigenvalue weighted by Gasteiger charge is 2.29. The number of nitrogens with one attached hydrogen (secondary N) is 3. The van der Waals surface area contributed by atoms with E-state index in [-0.39, 0.29) is 22.6 Å². The van der Waals surface area contributed by atoms with Crippen LogP contribution < -0.4 is 20.2 Å². The summed E-state index contributed by atoms with van der Waals surface area (Å²) >= 11 is 0.970. The van der Waals surface area contributed by atoms with Crippen molar-refractivity contribution in [3.8, 4) is 11.6 Å². The number of unbranched alkanes of at least 4 members (excludes halogenated alkanes) is 4. The van der Waals surface area contributed by atoms with Gasteiger partial charge in [0.25, 0.3) is 0 Å². The number of benzene rings is 2. The van der Waals surface area contributed by atoms with Crippen molar-refractivity contribution in [2.45, 2.75) is 64.2 Å². The van der Waals surface area contributed by atoms with Crippen molar-refractivity contribution in [1.82, 2.24) is 4.98 Å². The number of H-pyrrole nitrogens is 1. The normalized spacial score (nSPS) is 13.3. The Bertz CT molecular complexity index is 1350. The first-order valence-electron chi connectivity index (χ1n) is 13.3. The fraction of sp³-hybridized carbons (Fsp3) is 0.414. The van der Waals surface area contributed by atoms with Gasteiger partial charge in [-0.05, 0) is 54.2 Å². The molecule has 0 fully saturated rings. The number of anilines is 2. The van der Waals surface area contributed by atoms with Crippen LogP contribution in [0.5, 0.6) is 11.6 Å². The molecule has 2 aromatic carbocycles. The van der Waals surface area contributed by atoms with Gasteiger partial charge in [0.15, 0.2) is 0 Å². The fourth-order valence-corrected chi connectivity index (χ4v) is 5.73. The number of carbonyl (C=O) groups excluding carboxylic acids is 2. The summed E-state index contributed by atoms with van der Waals surface area (Å²) in [6, 6.07) is 11.1. The quantitative estimate of drug-likeness (QED) is 0.206. The molecule has 4 N–H and O–H groups in total. The predicted octanol–water partition coefficient (Wildman–Crippen LogP) is 5.93. The summed E-state index contributed by atoms with van der Waals surface area (Å²) in [5, 5.41) is 16.2. The number of amides is 2. The fourth-order valence-electron chi connectivity index (χ4n) is 4.88. The first-order chi connectivity index (χ1) is 18.9. The smallest absolute Gasteiger partial charge is 0.411 e. The summed E-state index contributed by atoms with van der Waals surface area (Å²) in [6.07, 6.45) is 6.27. The highest BCUT2D eigenvalue weighted by molar-refractivity contribution is 7.09. The second-order valence-corrected chi connectivity index (χ2v) is 10.6. The van der Waals surface area contributed by atoms with Gasteiger partial charge in [-0.15, -0.1) is 0 Å². The van der Waals surface area contributed by atoms with Crippen molar-refractivity contribution in [3.05, 3.63) is 67.6 Å². The molecule has 0 saturated carbocycles. The summed E-state index contributed by atoms with van der Waals surface area (Å²) in [5.41, 5.74) is 4.02. The average Bonchev–Trinajstić information content (AvgIpc) is 3.26. The molecule has 1 aromatic heterocycles. The standard InChI is InChI=1S/C29H35N3O6S/c1-3-4-5-6-7-16-38-28(35)30-19-10-8-18(9-11-19)17-22(26-27(34)32-29(36)39-26)20-12-14-23(37-2)25-21(20)13-15-24(33)31-25/h8-12,14,22,34H,3-7,13,15-17H2,1-2H3,(H,30,35)(H,31,33)(H,32,36). The molecular weight excluding hydrogens is 518 g/mol. The monoisotopic (exact) mass is 553 g/mol. The maximum absolute atomic E-state index is 12.2. The van der Waals surface area contributed by atoms with E-state index in [2.05, 4.69) is 22.5 Å². The Morgan fingerprint density at radius 3 is 2.54 bits per heavy atom. The number of fused-ring (bicyclic) bond motifs is 1. The zero-order chi connectivity index (χ0) is 27.8. The topological polar surface area (TPSA) is 130 Å². The van der Waals surface area contributed by atoms with Crippen molar-refractivity contribution in [1.29, 1.82) is 0 Å². The number of ether oxygens (including phenoxy) is 2. The van der Waals surface area contributed by atoms with E-state index >= 15 is 0 Å². The van der Waals surface area contributed by atoms with Crippen LogP contribution in [0.1, 0.15) is 72.9 Å². The zero-order valence-corrected chi connectivity index (χ0v) is 23.1. The van der Waals surface area contributed by atoms with Crippen molar-refractivity contribution in [2.24, 2.45) is 0 Å². The molecule has 0 saturated heterocycles. The Labute approximate surface area is 231 Å². The van der Waals surface area contributed by atoms with Gasteiger partial charge in [-0.2, -0.15) is 0 Å². The minimum absolute atomic E-state index is 0.0817. The van der Waals surface area contributed by atoms with Crippen molar-refractivity contribution >= 4 is 34.7 Å². The largest absolute Gasteiger partial charge is 0.495 e. The molecule has 1 atom stereocenters. The maximum atomic E-state index is 12.2. The molecular formula is C29H35N3O6S. The summed E-state index contributed by atoms with van der Waals surface area (Å²) in [7, 11) is 1.55. The molecule has 2 amide bonds. The molecule has 1 aliphatic rings. The van der Waals surface area contributed by atoms with Gasteiger partial charge in [-0.25, -0.2) is 4.79 Å². The summed E-state index contributed by atoms with van der Waals surface area (Å²) in [4.78, 5) is 39.0. The molecule has 208 valence electrons. The van der Waals surface area contributed by atoms with Gasteiger partial charge in [-0.3, -0.25) is 19.9 Å². The minimum Gasteiger partial charge on any atom is -0.495 e. The third-order valence-corrected chi connectivity index (χ3v) is 7.85. The van der Waals surface area contributed by atoms with Crippen molar-refractivity contribution < 1.29 is 24.2 Å². The molecule has 0 bridgehead atoms. The van der Waals surface area contributed by atoms with Gasteiger partial charge in [0.2, 0.25) is 11.8 Å². The lowest BCUT2D eigenvalue weighted by molar-refractivity contribution is -0.116. The van der Waals surface area contributed by atoms with E-state index in [0.29, 0.717) is 47.9 Å². The van der Waals surface area contributed by atoms with Crippen LogP contribution in [0.4, 0.5) is 16.2 Å². The van der Waals surface area contributed by atoms with Gasteiger partial charge in [0.1, 0.15) is 5.75 Å². The number of hydrogen-bond acceptors (Lipinski definition) is 7. The molecule has 39 heavy (non-hydrogen) atoms. The molecule has 3 aromatic rings.